The van der Waals surface area contributed by atoms with E-state index >= 15 is 0 Å². The zero-order valence-electron chi connectivity index (χ0n) is 21.1. The number of hydroxylamine groups is 1. The molecule has 0 spiro atoms. The van der Waals surface area contributed by atoms with Crippen molar-refractivity contribution in [2.75, 3.05) is 39.3 Å². The molecule has 37 heavy (non-hydrogen) atoms. The van der Waals surface area contributed by atoms with Crippen molar-refractivity contribution in [3.8, 4) is 5.75 Å². The van der Waals surface area contributed by atoms with E-state index in [0.717, 1.165) is 41.8 Å². The summed E-state index contributed by atoms with van der Waals surface area (Å²) >= 11 is 0. The first-order valence-electron chi connectivity index (χ1n) is 12.3. The highest BCUT2D eigenvalue weighted by atomic mass is 32.2. The number of carbonyl (C=O) groups excluding carboxylic acids is 1. The molecule has 0 saturated carbocycles. The molecule has 11 heteroatoms. The van der Waals surface area contributed by atoms with Gasteiger partial charge in [0.15, 0.2) is 0 Å². The number of para-hydroxylation sites is 1. The fourth-order valence-corrected chi connectivity index (χ4v) is 5.55. The van der Waals surface area contributed by atoms with Crippen molar-refractivity contribution in [1.82, 2.24) is 25.0 Å². The van der Waals surface area contributed by atoms with Crippen LogP contribution in [0.3, 0.4) is 0 Å². The number of nitrogens with zero attached hydrogens (tertiary/aromatic N) is 3. The summed E-state index contributed by atoms with van der Waals surface area (Å²) in [5.41, 5.74) is 4.45. The van der Waals surface area contributed by atoms with Gasteiger partial charge in [0, 0.05) is 49.4 Å². The number of ether oxygens (including phenoxy) is 1. The summed E-state index contributed by atoms with van der Waals surface area (Å²) in [5.74, 6) is -0.112. The molecule has 1 saturated heterocycles. The van der Waals surface area contributed by atoms with Crippen LogP contribution in [-0.4, -0.2) is 79.6 Å². The van der Waals surface area contributed by atoms with E-state index in [1.165, 1.54) is 12.1 Å². The van der Waals surface area contributed by atoms with E-state index < -0.39 is 22.0 Å². The second-order valence-electron chi connectivity index (χ2n) is 9.01. The highest BCUT2D eigenvalue weighted by molar-refractivity contribution is 7.89. The second-order valence-corrected chi connectivity index (χ2v) is 10.8. The number of fused-ring (bicyclic) bond motifs is 1. The zero-order chi connectivity index (χ0) is 26.4. The molecule has 1 atom stereocenters. The Hall–Kier alpha value is -3.09. The average Bonchev–Trinajstić information content (AvgIpc) is 2.92. The minimum Gasteiger partial charge on any atom is -0.489 e. The highest BCUT2D eigenvalue weighted by Crippen LogP contribution is 2.22. The fraction of sp³-hybridized carbons (Fsp3) is 0.385. The number of hydrogen-bond acceptors (Lipinski definition) is 8. The number of pyridine rings is 1. The number of hydrogen-bond donors (Lipinski definition) is 3. The molecule has 0 unspecified atom stereocenters. The number of benzene rings is 2. The first kappa shape index (κ1) is 27.0. The normalized spacial score (nSPS) is 16.0. The van der Waals surface area contributed by atoms with E-state index in [4.69, 9.17) is 4.74 Å². The topological polar surface area (TPSA) is 124 Å². The Balaban J connectivity index is 1.39. The molecule has 3 N–H and O–H groups in total. The van der Waals surface area contributed by atoms with Crippen LogP contribution in [0.2, 0.25) is 0 Å². The number of nitrogens with one attached hydrogen (secondary N) is 2. The Bertz CT molecular complexity index is 1320. The monoisotopic (exact) mass is 527 g/mol. The number of sulfonamides is 1. The molecule has 0 radical (unpaired) electrons. The summed E-state index contributed by atoms with van der Waals surface area (Å²) in [7, 11) is -3.88. The van der Waals surface area contributed by atoms with Gasteiger partial charge in [0.25, 0.3) is 5.91 Å². The summed E-state index contributed by atoms with van der Waals surface area (Å²) in [6, 6.07) is 15.1. The Morgan fingerprint density at radius 2 is 1.81 bits per heavy atom. The molecule has 1 aliphatic rings. The summed E-state index contributed by atoms with van der Waals surface area (Å²) < 4.78 is 34.3. The number of carbonyl (C=O) groups is 1. The minimum absolute atomic E-state index is 0.0593. The van der Waals surface area contributed by atoms with E-state index in [-0.39, 0.29) is 11.4 Å². The maximum absolute atomic E-state index is 12.9. The first-order valence-corrected chi connectivity index (χ1v) is 13.8. The van der Waals surface area contributed by atoms with Gasteiger partial charge in [-0.05, 0) is 49.9 Å². The van der Waals surface area contributed by atoms with Crippen LogP contribution >= 0.6 is 0 Å². The Kier molecular flexibility index (Phi) is 8.72. The largest absolute Gasteiger partial charge is 0.489 e. The standard InChI is InChI=1S/C26H33N5O5S/c1-3-30-12-14-31(15-13-30)25(26(32)29-33)17-27-37(34,35)22-10-8-21(9-11-22)36-18-20-16-19(2)28-24-7-5-4-6-23(20)24/h4-11,16,25,27,33H,3,12-15,17-18H2,1-2H3,(H,29,32)/t25-/m0/s1. The molecule has 1 amide bonds. The predicted octanol–water partition coefficient (Wildman–Crippen LogP) is 1.91. The van der Waals surface area contributed by atoms with Gasteiger partial charge in [-0.3, -0.25) is 19.9 Å². The molecular formula is C26H33N5O5S. The van der Waals surface area contributed by atoms with Crippen molar-refractivity contribution in [3.63, 3.8) is 0 Å². The lowest BCUT2D eigenvalue weighted by molar-refractivity contribution is -0.135. The van der Waals surface area contributed by atoms with Gasteiger partial charge in [-0.25, -0.2) is 18.6 Å². The number of likely N-dealkylation sites (N-methyl/N-ethyl adjacent to an activating group) is 1. The van der Waals surface area contributed by atoms with Gasteiger partial charge in [-0.1, -0.05) is 25.1 Å². The van der Waals surface area contributed by atoms with Crippen LogP contribution < -0.4 is 14.9 Å². The number of amides is 1. The molecule has 4 rings (SSSR count). The van der Waals surface area contributed by atoms with Crippen LogP contribution in [0.4, 0.5) is 0 Å². The van der Waals surface area contributed by atoms with Crippen molar-refractivity contribution in [2.24, 2.45) is 0 Å². The molecule has 0 bridgehead atoms. The molecule has 10 nitrogen and oxygen atoms in total. The van der Waals surface area contributed by atoms with Gasteiger partial charge in [-0.2, -0.15) is 0 Å². The third kappa shape index (κ3) is 6.62. The smallest absolute Gasteiger partial charge is 0.262 e. The summed E-state index contributed by atoms with van der Waals surface area (Å²) in [6.45, 7) is 7.82. The molecule has 2 aromatic carbocycles. The maximum atomic E-state index is 12.9. The Morgan fingerprint density at radius 3 is 2.49 bits per heavy atom. The second kappa shape index (κ2) is 12.0. The van der Waals surface area contributed by atoms with Crippen LogP contribution in [0.15, 0.2) is 59.5 Å². The van der Waals surface area contributed by atoms with Crippen LogP contribution in [0.5, 0.6) is 5.75 Å². The maximum Gasteiger partial charge on any atom is 0.262 e. The van der Waals surface area contributed by atoms with E-state index in [0.29, 0.717) is 25.4 Å². The summed E-state index contributed by atoms with van der Waals surface area (Å²) in [4.78, 5) is 21.0. The molecule has 1 aromatic heterocycles. The molecule has 2 heterocycles. The molecule has 198 valence electrons. The van der Waals surface area contributed by atoms with Crippen molar-refractivity contribution in [2.45, 2.75) is 31.4 Å². The van der Waals surface area contributed by atoms with Crippen LogP contribution in [-0.2, 0) is 21.4 Å². The summed E-state index contributed by atoms with van der Waals surface area (Å²) in [5, 5.41) is 10.2. The van der Waals surface area contributed by atoms with Gasteiger partial charge in [0.1, 0.15) is 18.4 Å². The third-order valence-corrected chi connectivity index (χ3v) is 8.07. The van der Waals surface area contributed by atoms with E-state index in [1.54, 1.807) is 17.6 Å². The third-order valence-electron chi connectivity index (χ3n) is 6.63. The van der Waals surface area contributed by atoms with Crippen LogP contribution in [0.25, 0.3) is 10.9 Å². The lowest BCUT2D eigenvalue weighted by Crippen LogP contribution is -2.57. The van der Waals surface area contributed by atoms with Crippen molar-refractivity contribution < 1.29 is 23.2 Å². The number of rotatable bonds is 10. The number of aromatic nitrogens is 1. The lowest BCUT2D eigenvalue weighted by atomic mass is 10.1. The Morgan fingerprint density at radius 1 is 1.11 bits per heavy atom. The predicted molar refractivity (Wildman–Crippen MR) is 140 cm³/mol. The van der Waals surface area contributed by atoms with E-state index in [2.05, 4.69) is 21.5 Å². The lowest BCUT2D eigenvalue weighted by Gasteiger charge is -2.37. The van der Waals surface area contributed by atoms with Gasteiger partial charge in [0.05, 0.1) is 10.4 Å². The highest BCUT2D eigenvalue weighted by Gasteiger charge is 2.30. The van der Waals surface area contributed by atoms with E-state index in [9.17, 15) is 18.4 Å². The van der Waals surface area contributed by atoms with Crippen molar-refractivity contribution in [1.29, 1.82) is 0 Å². The van der Waals surface area contributed by atoms with Crippen molar-refractivity contribution >= 4 is 26.8 Å². The van der Waals surface area contributed by atoms with Crippen LogP contribution in [0.1, 0.15) is 18.2 Å². The molecule has 1 fully saturated rings. The minimum atomic E-state index is -3.88. The van der Waals surface area contributed by atoms with E-state index in [1.807, 2.05) is 42.2 Å². The quantitative estimate of drug-likeness (QED) is 0.270. The Labute approximate surface area is 217 Å². The van der Waals surface area contributed by atoms with Crippen LogP contribution in [0, 0.1) is 6.92 Å². The average molecular weight is 528 g/mol. The van der Waals surface area contributed by atoms with Gasteiger partial charge in [0.2, 0.25) is 10.0 Å². The molecular weight excluding hydrogens is 494 g/mol. The molecule has 0 aliphatic carbocycles. The van der Waals surface area contributed by atoms with Crippen molar-refractivity contribution in [3.05, 3.63) is 65.9 Å². The molecule has 1 aliphatic heterocycles. The van der Waals surface area contributed by atoms with Gasteiger partial charge < -0.3 is 9.64 Å². The number of piperazine rings is 1. The first-order chi connectivity index (χ1) is 17.8. The number of aryl methyl sites for hydroxylation is 1. The molecule has 3 aromatic rings. The zero-order valence-corrected chi connectivity index (χ0v) is 21.9. The van der Waals surface area contributed by atoms with Gasteiger partial charge >= 0.3 is 0 Å². The summed E-state index contributed by atoms with van der Waals surface area (Å²) in [6.07, 6.45) is 0. The fourth-order valence-electron chi connectivity index (χ4n) is 4.52. The van der Waals surface area contributed by atoms with Gasteiger partial charge in [-0.15, -0.1) is 0 Å². The SMILES string of the molecule is CCN1CCN([C@@H](CNS(=O)(=O)c2ccc(OCc3cc(C)nc4ccccc34)cc2)C(=O)NO)CC1.